The summed E-state index contributed by atoms with van der Waals surface area (Å²) in [6.07, 6.45) is 1.24. The van der Waals surface area contributed by atoms with Crippen molar-refractivity contribution in [3.8, 4) is 5.75 Å². The van der Waals surface area contributed by atoms with Crippen molar-refractivity contribution in [1.82, 2.24) is 0 Å². The molecule has 0 fully saturated rings. The van der Waals surface area contributed by atoms with Gasteiger partial charge in [-0.3, -0.25) is 4.79 Å². The maximum Gasteiger partial charge on any atom is 0.316 e. The zero-order valence-corrected chi connectivity index (χ0v) is 10.5. The summed E-state index contributed by atoms with van der Waals surface area (Å²) >= 11 is 0. The van der Waals surface area contributed by atoms with Gasteiger partial charge in [-0.25, -0.2) is 0 Å². The Bertz CT molecular complexity index is 443. The fourth-order valence-corrected chi connectivity index (χ4v) is 1.90. The molecule has 0 saturated heterocycles. The van der Waals surface area contributed by atoms with Crippen molar-refractivity contribution < 1.29 is 14.6 Å². The van der Waals surface area contributed by atoms with Crippen LogP contribution in [0, 0.1) is 5.41 Å². The van der Waals surface area contributed by atoms with Crippen LogP contribution in [0.25, 0.3) is 0 Å². The molecule has 1 N–H and O–H groups in total. The molecule has 1 aromatic rings. The maximum atomic E-state index is 11.7. The van der Waals surface area contributed by atoms with Gasteiger partial charge in [0.25, 0.3) is 0 Å². The van der Waals surface area contributed by atoms with Crippen molar-refractivity contribution in [2.75, 3.05) is 0 Å². The summed E-state index contributed by atoms with van der Waals surface area (Å²) in [7, 11) is 0. The van der Waals surface area contributed by atoms with Gasteiger partial charge in [0.2, 0.25) is 0 Å². The normalized spacial score (nSPS) is 18.9. The zero-order chi connectivity index (χ0) is 12.6. The van der Waals surface area contributed by atoms with E-state index in [0.717, 1.165) is 24.0 Å². The van der Waals surface area contributed by atoms with E-state index in [0.29, 0.717) is 5.75 Å². The van der Waals surface area contributed by atoms with Crippen molar-refractivity contribution in [3.05, 3.63) is 29.3 Å². The van der Waals surface area contributed by atoms with Crippen LogP contribution >= 0.6 is 0 Å². The summed E-state index contributed by atoms with van der Waals surface area (Å²) < 4.78 is 5.32. The van der Waals surface area contributed by atoms with Gasteiger partial charge >= 0.3 is 5.97 Å². The predicted molar refractivity (Wildman–Crippen MR) is 64.8 cm³/mol. The van der Waals surface area contributed by atoms with E-state index in [1.165, 1.54) is 0 Å². The Morgan fingerprint density at radius 2 is 2.12 bits per heavy atom. The van der Waals surface area contributed by atoms with Crippen molar-refractivity contribution in [2.24, 2.45) is 5.41 Å². The van der Waals surface area contributed by atoms with Crippen LogP contribution in [0.15, 0.2) is 18.2 Å². The molecule has 1 unspecified atom stereocenters. The molecule has 0 aliphatic heterocycles. The molecule has 0 bridgehead atoms. The number of rotatable bonds is 1. The van der Waals surface area contributed by atoms with Crippen LogP contribution in [0.2, 0.25) is 0 Å². The smallest absolute Gasteiger partial charge is 0.316 e. The highest BCUT2D eigenvalue weighted by molar-refractivity contribution is 5.77. The van der Waals surface area contributed by atoms with Crippen molar-refractivity contribution in [1.29, 1.82) is 0 Å². The van der Waals surface area contributed by atoms with Crippen LogP contribution in [0.1, 0.15) is 44.4 Å². The van der Waals surface area contributed by atoms with Crippen molar-refractivity contribution in [3.63, 3.8) is 0 Å². The van der Waals surface area contributed by atoms with Crippen LogP contribution in [-0.4, -0.2) is 11.1 Å². The third-order valence-electron chi connectivity index (χ3n) is 2.98. The van der Waals surface area contributed by atoms with Gasteiger partial charge in [-0.15, -0.1) is 0 Å². The fraction of sp³-hybridized carbons (Fsp3) is 0.500. The van der Waals surface area contributed by atoms with Crippen LogP contribution < -0.4 is 4.74 Å². The predicted octanol–water partition coefficient (Wildman–Crippen LogP) is 2.62. The molecule has 3 heteroatoms. The van der Waals surface area contributed by atoms with Gasteiger partial charge in [0.05, 0.1) is 11.5 Å². The lowest BCUT2D eigenvalue weighted by atomic mass is 9.97. The first-order valence-electron chi connectivity index (χ1n) is 5.91. The van der Waals surface area contributed by atoms with E-state index in [1.807, 2.05) is 32.9 Å². The number of ether oxygens (including phenoxy) is 1. The average Bonchev–Trinajstić information content (AvgIpc) is 2.59. The lowest BCUT2D eigenvalue weighted by Gasteiger charge is -2.16. The van der Waals surface area contributed by atoms with Gasteiger partial charge in [0.15, 0.2) is 0 Å². The Hall–Kier alpha value is -1.35. The molecule has 0 amide bonds. The maximum absolute atomic E-state index is 11.7. The molecule has 17 heavy (non-hydrogen) atoms. The quantitative estimate of drug-likeness (QED) is 0.600. The number of aryl methyl sites for hydroxylation is 1. The molecule has 0 aromatic heterocycles. The zero-order valence-electron chi connectivity index (χ0n) is 10.5. The third-order valence-corrected chi connectivity index (χ3v) is 2.98. The van der Waals surface area contributed by atoms with Gasteiger partial charge in [0, 0.05) is 0 Å². The van der Waals surface area contributed by atoms with Gasteiger partial charge in [-0.05, 0) is 56.9 Å². The molecule has 0 saturated carbocycles. The largest absolute Gasteiger partial charge is 0.426 e. The second kappa shape index (κ2) is 4.15. The molecule has 1 aliphatic rings. The first kappa shape index (κ1) is 12.1. The Morgan fingerprint density at radius 3 is 2.76 bits per heavy atom. The lowest BCUT2D eigenvalue weighted by Crippen LogP contribution is -2.25. The van der Waals surface area contributed by atoms with Crippen LogP contribution in [0.3, 0.4) is 0 Å². The van der Waals surface area contributed by atoms with Gasteiger partial charge in [-0.2, -0.15) is 0 Å². The molecule has 1 aromatic carbocycles. The topological polar surface area (TPSA) is 46.5 Å². The second-order valence-corrected chi connectivity index (χ2v) is 5.55. The van der Waals surface area contributed by atoms with E-state index in [1.54, 1.807) is 6.07 Å². The highest BCUT2D eigenvalue weighted by Crippen LogP contribution is 2.33. The summed E-state index contributed by atoms with van der Waals surface area (Å²) in [6.45, 7) is 5.48. The standard InChI is InChI=1S/C14H18O3/c1-14(2,3)13(16)17-10-5-6-11-9(8-10)4-7-12(11)15/h5-6,8,12,15H,4,7H2,1-3H3. The Kier molecular flexibility index (Phi) is 2.96. The Balaban J connectivity index is 2.17. The van der Waals surface area contributed by atoms with E-state index in [4.69, 9.17) is 4.74 Å². The Labute approximate surface area is 101 Å². The number of carbonyl (C=O) groups is 1. The monoisotopic (exact) mass is 234 g/mol. The first-order chi connectivity index (χ1) is 7.88. The van der Waals surface area contributed by atoms with E-state index in [9.17, 15) is 9.90 Å². The number of aliphatic hydroxyl groups is 1. The minimum atomic E-state index is -0.501. The molecular weight excluding hydrogens is 216 g/mol. The summed E-state index contributed by atoms with van der Waals surface area (Å²) in [6, 6.07) is 5.45. The highest BCUT2D eigenvalue weighted by atomic mass is 16.5. The van der Waals surface area contributed by atoms with Crippen molar-refractivity contribution in [2.45, 2.75) is 39.7 Å². The minimum absolute atomic E-state index is 0.240. The van der Waals surface area contributed by atoms with E-state index in [-0.39, 0.29) is 12.1 Å². The summed E-state index contributed by atoms with van der Waals surface area (Å²) in [5.41, 5.74) is 1.54. The fourth-order valence-electron chi connectivity index (χ4n) is 1.90. The molecule has 0 spiro atoms. The third kappa shape index (κ3) is 2.50. The lowest BCUT2D eigenvalue weighted by molar-refractivity contribution is -0.142. The molecule has 92 valence electrons. The summed E-state index contributed by atoms with van der Waals surface area (Å²) in [5.74, 6) is 0.328. The summed E-state index contributed by atoms with van der Waals surface area (Å²) in [5, 5.41) is 9.68. The number of benzene rings is 1. The number of hydrogen-bond acceptors (Lipinski definition) is 3. The average molecular weight is 234 g/mol. The Morgan fingerprint density at radius 1 is 1.41 bits per heavy atom. The first-order valence-corrected chi connectivity index (χ1v) is 5.91. The second-order valence-electron chi connectivity index (χ2n) is 5.55. The molecule has 2 rings (SSSR count). The molecule has 0 heterocycles. The van der Waals surface area contributed by atoms with E-state index < -0.39 is 5.41 Å². The number of esters is 1. The van der Waals surface area contributed by atoms with Gasteiger partial charge in [0.1, 0.15) is 5.75 Å². The van der Waals surface area contributed by atoms with Gasteiger partial charge < -0.3 is 9.84 Å². The number of fused-ring (bicyclic) bond motifs is 1. The van der Waals surface area contributed by atoms with Gasteiger partial charge in [-0.1, -0.05) is 6.07 Å². The molecule has 3 nitrogen and oxygen atoms in total. The number of aliphatic hydroxyl groups excluding tert-OH is 1. The highest BCUT2D eigenvalue weighted by Gasteiger charge is 2.25. The molecule has 1 aliphatic carbocycles. The van der Waals surface area contributed by atoms with Crippen molar-refractivity contribution >= 4 is 5.97 Å². The van der Waals surface area contributed by atoms with E-state index >= 15 is 0 Å². The van der Waals surface area contributed by atoms with E-state index in [2.05, 4.69) is 0 Å². The molecule has 1 atom stereocenters. The van der Waals surface area contributed by atoms with Crippen LogP contribution in [0.4, 0.5) is 0 Å². The number of hydrogen-bond donors (Lipinski definition) is 1. The van der Waals surface area contributed by atoms with Crippen LogP contribution in [0.5, 0.6) is 5.75 Å². The number of carbonyl (C=O) groups excluding carboxylic acids is 1. The SMILES string of the molecule is CC(C)(C)C(=O)Oc1ccc2c(c1)CCC2O. The van der Waals surface area contributed by atoms with Crippen LogP contribution in [-0.2, 0) is 11.2 Å². The molecule has 0 radical (unpaired) electrons. The summed E-state index contributed by atoms with van der Waals surface area (Å²) in [4.78, 5) is 11.7. The molecular formula is C14H18O3. The minimum Gasteiger partial charge on any atom is -0.426 e.